The number of imidazole rings is 1. The summed E-state index contributed by atoms with van der Waals surface area (Å²) in [5, 5.41) is 5.96. The van der Waals surface area contributed by atoms with E-state index >= 15 is 0 Å². The van der Waals surface area contributed by atoms with Gasteiger partial charge in [0.15, 0.2) is 0 Å². The Kier molecular flexibility index (Phi) is 4.08. The van der Waals surface area contributed by atoms with Crippen LogP contribution in [0.25, 0.3) is 11.0 Å². The number of hydrogen-bond acceptors (Lipinski definition) is 2. The Labute approximate surface area is 124 Å². The number of hydrogen-bond donors (Lipinski definition) is 2. The number of benzene rings is 1. The lowest BCUT2D eigenvalue weighted by molar-refractivity contribution is 0.237. The van der Waals surface area contributed by atoms with Crippen molar-refractivity contribution in [1.82, 2.24) is 20.2 Å². The molecule has 1 fully saturated rings. The number of carbonyl (C=O) groups excluding carboxylic acids is 1. The Balaban J connectivity index is 1.52. The molecule has 0 saturated heterocycles. The molecular weight excluding hydrogens is 264 g/mol. The zero-order chi connectivity index (χ0) is 14.7. The van der Waals surface area contributed by atoms with Crippen LogP contribution in [-0.4, -0.2) is 28.2 Å². The van der Waals surface area contributed by atoms with Gasteiger partial charge >= 0.3 is 6.03 Å². The van der Waals surface area contributed by atoms with Crippen molar-refractivity contribution in [2.45, 2.75) is 38.1 Å². The summed E-state index contributed by atoms with van der Waals surface area (Å²) in [7, 11) is 2.02. The van der Waals surface area contributed by atoms with Crippen LogP contribution >= 0.6 is 0 Å². The molecule has 1 saturated carbocycles. The highest BCUT2D eigenvalue weighted by molar-refractivity contribution is 5.76. The number of aryl methyl sites for hydroxylation is 1. The minimum atomic E-state index is -0.0549. The standard InChI is InChI=1S/C16H22N4O/c1-20-14-9-5-4-8-13(14)19-15(20)10-11-17-16(21)18-12-6-2-3-7-12/h4-5,8-9,12H,2-3,6-7,10-11H2,1H3,(H2,17,18,21). The summed E-state index contributed by atoms with van der Waals surface area (Å²) in [5.41, 5.74) is 2.13. The first kappa shape index (κ1) is 13.9. The lowest BCUT2D eigenvalue weighted by Crippen LogP contribution is -2.41. The van der Waals surface area contributed by atoms with Gasteiger partial charge in [0, 0.05) is 26.1 Å². The van der Waals surface area contributed by atoms with Crippen LogP contribution in [0.15, 0.2) is 24.3 Å². The van der Waals surface area contributed by atoms with Gasteiger partial charge in [-0.2, -0.15) is 0 Å². The smallest absolute Gasteiger partial charge is 0.315 e. The summed E-state index contributed by atoms with van der Waals surface area (Å²) in [6.07, 6.45) is 5.41. The van der Waals surface area contributed by atoms with Crippen LogP contribution in [-0.2, 0) is 13.5 Å². The summed E-state index contributed by atoms with van der Waals surface area (Å²) in [5.74, 6) is 0.998. The predicted molar refractivity (Wildman–Crippen MR) is 83.2 cm³/mol. The molecule has 112 valence electrons. The van der Waals surface area contributed by atoms with Crippen LogP contribution in [0, 0.1) is 0 Å². The van der Waals surface area contributed by atoms with E-state index in [1.165, 1.54) is 12.8 Å². The molecule has 21 heavy (non-hydrogen) atoms. The average Bonchev–Trinajstić information content (AvgIpc) is 3.09. The van der Waals surface area contributed by atoms with E-state index in [1.54, 1.807) is 0 Å². The largest absolute Gasteiger partial charge is 0.338 e. The minimum absolute atomic E-state index is 0.0549. The molecular formula is C16H22N4O. The number of aromatic nitrogens is 2. The van der Waals surface area contributed by atoms with Crippen molar-refractivity contribution in [2.75, 3.05) is 6.54 Å². The van der Waals surface area contributed by atoms with E-state index in [-0.39, 0.29) is 6.03 Å². The van der Waals surface area contributed by atoms with Gasteiger partial charge in [-0.05, 0) is 25.0 Å². The van der Waals surface area contributed by atoms with Gasteiger partial charge < -0.3 is 15.2 Å². The Bertz CT molecular complexity index is 628. The fourth-order valence-electron chi connectivity index (χ4n) is 3.01. The van der Waals surface area contributed by atoms with Crippen LogP contribution in [0.1, 0.15) is 31.5 Å². The van der Waals surface area contributed by atoms with Gasteiger partial charge in [-0.25, -0.2) is 9.78 Å². The molecule has 0 atom stereocenters. The van der Waals surface area contributed by atoms with Crippen molar-refractivity contribution in [3.63, 3.8) is 0 Å². The lowest BCUT2D eigenvalue weighted by atomic mass is 10.2. The third kappa shape index (κ3) is 3.17. The van der Waals surface area contributed by atoms with E-state index in [4.69, 9.17) is 0 Å². The second-order valence-electron chi connectivity index (χ2n) is 5.71. The molecule has 1 aromatic carbocycles. The second kappa shape index (κ2) is 6.16. The van der Waals surface area contributed by atoms with Crippen molar-refractivity contribution >= 4 is 17.1 Å². The van der Waals surface area contributed by atoms with Gasteiger partial charge in [-0.3, -0.25) is 0 Å². The molecule has 1 aliphatic rings. The molecule has 0 bridgehead atoms. The number of amides is 2. The number of carbonyl (C=O) groups is 1. The monoisotopic (exact) mass is 286 g/mol. The van der Waals surface area contributed by atoms with Crippen molar-refractivity contribution in [2.24, 2.45) is 7.05 Å². The number of nitrogens with zero attached hydrogens (tertiary/aromatic N) is 2. The molecule has 1 aliphatic carbocycles. The Morgan fingerprint density at radius 2 is 2.10 bits per heavy atom. The molecule has 5 nitrogen and oxygen atoms in total. The zero-order valence-corrected chi connectivity index (χ0v) is 12.4. The number of rotatable bonds is 4. The fourth-order valence-corrected chi connectivity index (χ4v) is 3.01. The SMILES string of the molecule is Cn1c(CCNC(=O)NC2CCCC2)nc2ccccc21. The predicted octanol–water partition coefficient (Wildman–Crippen LogP) is 2.36. The lowest BCUT2D eigenvalue weighted by Gasteiger charge is -2.12. The number of urea groups is 1. The maximum Gasteiger partial charge on any atom is 0.315 e. The first-order chi connectivity index (χ1) is 10.2. The second-order valence-corrected chi connectivity index (χ2v) is 5.71. The van der Waals surface area contributed by atoms with Crippen molar-refractivity contribution in [3.05, 3.63) is 30.1 Å². The van der Waals surface area contributed by atoms with E-state index in [1.807, 2.05) is 25.2 Å². The fraction of sp³-hybridized carbons (Fsp3) is 0.500. The number of fused-ring (bicyclic) bond motifs is 1. The molecule has 0 spiro atoms. The molecule has 5 heteroatoms. The Hall–Kier alpha value is -2.04. The molecule has 0 aliphatic heterocycles. The van der Waals surface area contributed by atoms with Gasteiger partial charge in [-0.1, -0.05) is 25.0 Å². The molecule has 2 N–H and O–H groups in total. The first-order valence-corrected chi connectivity index (χ1v) is 7.69. The summed E-state index contributed by atoms with van der Waals surface area (Å²) in [6.45, 7) is 0.607. The minimum Gasteiger partial charge on any atom is -0.338 e. The van der Waals surface area contributed by atoms with Crippen molar-refractivity contribution in [3.8, 4) is 0 Å². The van der Waals surface area contributed by atoms with Crippen molar-refractivity contribution in [1.29, 1.82) is 0 Å². The maximum atomic E-state index is 11.8. The van der Waals surface area contributed by atoms with Crippen LogP contribution in [0.3, 0.4) is 0 Å². The van der Waals surface area contributed by atoms with Crippen molar-refractivity contribution < 1.29 is 4.79 Å². The highest BCUT2D eigenvalue weighted by Gasteiger charge is 2.16. The third-order valence-electron chi connectivity index (χ3n) is 4.20. The van der Waals surface area contributed by atoms with Gasteiger partial charge in [0.1, 0.15) is 5.82 Å². The van der Waals surface area contributed by atoms with Gasteiger partial charge in [0.05, 0.1) is 11.0 Å². The molecule has 1 aromatic heterocycles. The van der Waals surface area contributed by atoms with Gasteiger partial charge in [0.2, 0.25) is 0 Å². The van der Waals surface area contributed by atoms with E-state index in [9.17, 15) is 4.79 Å². The summed E-state index contributed by atoms with van der Waals surface area (Å²) in [4.78, 5) is 16.4. The van der Waals surface area contributed by atoms with Crippen LogP contribution in [0.4, 0.5) is 4.79 Å². The topological polar surface area (TPSA) is 59.0 Å². The summed E-state index contributed by atoms with van der Waals surface area (Å²) in [6, 6.07) is 8.39. The quantitative estimate of drug-likeness (QED) is 0.906. The summed E-state index contributed by atoms with van der Waals surface area (Å²) >= 11 is 0. The highest BCUT2D eigenvalue weighted by Crippen LogP contribution is 2.17. The molecule has 0 radical (unpaired) electrons. The number of nitrogens with one attached hydrogen (secondary N) is 2. The van der Waals surface area contributed by atoms with Gasteiger partial charge in [0.25, 0.3) is 0 Å². The van der Waals surface area contributed by atoms with E-state index < -0.39 is 0 Å². The molecule has 2 aromatic rings. The number of para-hydroxylation sites is 2. The zero-order valence-electron chi connectivity index (χ0n) is 12.4. The van der Waals surface area contributed by atoms with E-state index in [0.29, 0.717) is 12.6 Å². The normalized spacial score (nSPS) is 15.5. The highest BCUT2D eigenvalue weighted by atomic mass is 16.2. The van der Waals surface area contributed by atoms with Crippen LogP contribution in [0.2, 0.25) is 0 Å². The molecule has 2 amide bonds. The van der Waals surface area contributed by atoms with Crippen LogP contribution in [0.5, 0.6) is 0 Å². The average molecular weight is 286 g/mol. The van der Waals surface area contributed by atoms with Crippen LogP contribution < -0.4 is 10.6 Å². The maximum absolute atomic E-state index is 11.8. The Morgan fingerprint density at radius 1 is 1.33 bits per heavy atom. The first-order valence-electron chi connectivity index (χ1n) is 7.69. The summed E-state index contributed by atoms with van der Waals surface area (Å²) < 4.78 is 2.09. The third-order valence-corrected chi connectivity index (χ3v) is 4.20. The molecule has 0 unspecified atom stereocenters. The van der Waals surface area contributed by atoms with E-state index in [2.05, 4.69) is 26.3 Å². The molecule has 3 rings (SSSR count). The van der Waals surface area contributed by atoms with Gasteiger partial charge in [-0.15, -0.1) is 0 Å². The Morgan fingerprint density at radius 3 is 2.86 bits per heavy atom. The molecule has 1 heterocycles. The van der Waals surface area contributed by atoms with E-state index in [0.717, 1.165) is 36.1 Å².